The summed E-state index contributed by atoms with van der Waals surface area (Å²) in [4.78, 5) is 2.54. The molecule has 2 atom stereocenters. The van der Waals surface area contributed by atoms with E-state index in [1.807, 2.05) is 13.0 Å². The molecule has 1 aromatic rings. The number of aliphatic hydroxyl groups is 1. The zero-order valence-electron chi connectivity index (χ0n) is 12.3. The van der Waals surface area contributed by atoms with Crippen LogP contribution < -0.4 is 4.90 Å². The molecule has 1 fully saturated rings. The van der Waals surface area contributed by atoms with Crippen LogP contribution in [0.3, 0.4) is 0 Å². The lowest BCUT2D eigenvalue weighted by molar-refractivity contribution is 0.174. The van der Waals surface area contributed by atoms with Crippen molar-refractivity contribution in [2.75, 3.05) is 11.4 Å². The van der Waals surface area contributed by atoms with Gasteiger partial charge in [0.15, 0.2) is 0 Å². The predicted molar refractivity (Wildman–Crippen MR) is 81.6 cm³/mol. The molecular weight excluding hydrogens is 234 g/mol. The number of anilines is 1. The van der Waals surface area contributed by atoms with Crippen molar-refractivity contribution in [2.45, 2.75) is 64.5 Å². The monoisotopic (exact) mass is 261 g/mol. The van der Waals surface area contributed by atoms with Crippen LogP contribution in [0.1, 0.15) is 64.0 Å². The van der Waals surface area contributed by atoms with Gasteiger partial charge in [0.25, 0.3) is 0 Å². The van der Waals surface area contributed by atoms with E-state index in [1.54, 1.807) is 0 Å². The Morgan fingerprint density at radius 2 is 2.00 bits per heavy atom. The molecule has 0 radical (unpaired) electrons. The Kier molecular flexibility index (Phi) is 5.26. The molecule has 1 saturated heterocycles. The Balaban J connectivity index is 2.32. The maximum Gasteiger partial charge on any atom is 0.0807 e. The van der Waals surface area contributed by atoms with Crippen LogP contribution in [0.2, 0.25) is 0 Å². The van der Waals surface area contributed by atoms with E-state index in [4.69, 9.17) is 0 Å². The van der Waals surface area contributed by atoms with Crippen molar-refractivity contribution in [2.24, 2.45) is 0 Å². The van der Waals surface area contributed by atoms with Crippen LogP contribution >= 0.6 is 0 Å². The fraction of sp³-hybridized carbons (Fsp3) is 0.647. The van der Waals surface area contributed by atoms with Crippen molar-refractivity contribution in [1.29, 1.82) is 0 Å². The van der Waals surface area contributed by atoms with E-state index in [0.29, 0.717) is 6.04 Å². The molecule has 1 aliphatic heterocycles. The zero-order valence-corrected chi connectivity index (χ0v) is 12.3. The number of para-hydroxylation sites is 1. The Labute approximate surface area is 117 Å². The van der Waals surface area contributed by atoms with Gasteiger partial charge in [-0.05, 0) is 31.7 Å². The summed E-state index contributed by atoms with van der Waals surface area (Å²) in [5, 5.41) is 10.2. The van der Waals surface area contributed by atoms with Gasteiger partial charge < -0.3 is 10.0 Å². The van der Waals surface area contributed by atoms with E-state index < -0.39 is 0 Å². The highest BCUT2D eigenvalue weighted by Gasteiger charge is 2.23. The van der Waals surface area contributed by atoms with Crippen LogP contribution in [0.15, 0.2) is 24.3 Å². The van der Waals surface area contributed by atoms with E-state index in [2.05, 4.69) is 30.0 Å². The van der Waals surface area contributed by atoms with Gasteiger partial charge in [-0.25, -0.2) is 0 Å². The van der Waals surface area contributed by atoms with Crippen LogP contribution in [0, 0.1) is 0 Å². The Morgan fingerprint density at radius 3 is 2.74 bits per heavy atom. The van der Waals surface area contributed by atoms with E-state index in [1.165, 1.54) is 37.8 Å². The van der Waals surface area contributed by atoms with Crippen molar-refractivity contribution < 1.29 is 5.11 Å². The van der Waals surface area contributed by atoms with E-state index in [-0.39, 0.29) is 6.10 Å². The van der Waals surface area contributed by atoms with Gasteiger partial charge in [-0.2, -0.15) is 0 Å². The highest BCUT2D eigenvalue weighted by molar-refractivity contribution is 5.55. The summed E-state index contributed by atoms with van der Waals surface area (Å²) >= 11 is 0. The number of rotatable bonds is 4. The van der Waals surface area contributed by atoms with E-state index >= 15 is 0 Å². The second kappa shape index (κ2) is 6.95. The van der Waals surface area contributed by atoms with Gasteiger partial charge in [0.05, 0.1) is 6.10 Å². The first-order valence-electron chi connectivity index (χ1n) is 7.81. The quantitative estimate of drug-likeness (QED) is 0.874. The van der Waals surface area contributed by atoms with Gasteiger partial charge in [0, 0.05) is 23.8 Å². The fourth-order valence-corrected chi connectivity index (χ4v) is 3.17. The predicted octanol–water partition coefficient (Wildman–Crippen LogP) is 4.29. The van der Waals surface area contributed by atoms with Gasteiger partial charge in [0.2, 0.25) is 0 Å². The third kappa shape index (κ3) is 3.30. The summed E-state index contributed by atoms with van der Waals surface area (Å²) in [6.45, 7) is 5.45. The molecule has 2 nitrogen and oxygen atoms in total. The summed E-state index contributed by atoms with van der Waals surface area (Å²) < 4.78 is 0. The molecule has 1 heterocycles. The lowest BCUT2D eigenvalue weighted by Crippen LogP contribution is -2.35. The Hall–Kier alpha value is -1.02. The normalized spacial score (nSPS) is 22.1. The minimum Gasteiger partial charge on any atom is -0.388 e. The summed E-state index contributed by atoms with van der Waals surface area (Å²) in [5.41, 5.74) is 2.36. The first-order chi connectivity index (χ1) is 9.27. The van der Waals surface area contributed by atoms with E-state index in [9.17, 15) is 5.11 Å². The summed E-state index contributed by atoms with van der Waals surface area (Å²) in [6.07, 6.45) is 6.87. The molecule has 0 aromatic heterocycles. The molecule has 2 rings (SSSR count). The van der Waals surface area contributed by atoms with Gasteiger partial charge in [-0.15, -0.1) is 0 Å². The Morgan fingerprint density at radius 1 is 1.21 bits per heavy atom. The van der Waals surface area contributed by atoms with Crippen molar-refractivity contribution in [3.8, 4) is 0 Å². The smallest absolute Gasteiger partial charge is 0.0807 e. The first-order valence-corrected chi connectivity index (χ1v) is 7.81. The number of hydrogen-bond donors (Lipinski definition) is 1. The third-order valence-electron chi connectivity index (χ3n) is 4.34. The summed E-state index contributed by atoms with van der Waals surface area (Å²) in [7, 11) is 0. The lowest BCUT2D eigenvalue weighted by Gasteiger charge is -2.34. The number of benzene rings is 1. The molecule has 2 heteroatoms. The van der Waals surface area contributed by atoms with Crippen molar-refractivity contribution in [3.63, 3.8) is 0 Å². The Bertz CT molecular complexity index is 391. The lowest BCUT2D eigenvalue weighted by atomic mass is 10.0. The fourth-order valence-electron chi connectivity index (χ4n) is 3.17. The van der Waals surface area contributed by atoms with Gasteiger partial charge in [-0.3, -0.25) is 0 Å². The van der Waals surface area contributed by atoms with Crippen molar-refractivity contribution >= 4 is 5.69 Å². The molecule has 1 aliphatic rings. The molecule has 1 N–H and O–H groups in total. The molecule has 0 aliphatic carbocycles. The summed E-state index contributed by atoms with van der Waals surface area (Å²) in [5.74, 6) is 0. The van der Waals surface area contributed by atoms with Crippen LogP contribution in [-0.2, 0) is 0 Å². The molecule has 1 aromatic carbocycles. The van der Waals surface area contributed by atoms with Crippen molar-refractivity contribution in [3.05, 3.63) is 29.8 Å². The molecule has 0 amide bonds. The minimum absolute atomic E-state index is 0.336. The van der Waals surface area contributed by atoms with Crippen molar-refractivity contribution in [1.82, 2.24) is 0 Å². The second-order valence-corrected chi connectivity index (χ2v) is 5.59. The van der Waals surface area contributed by atoms with Crippen LogP contribution in [0.5, 0.6) is 0 Å². The molecule has 0 saturated carbocycles. The molecule has 0 spiro atoms. The number of nitrogens with zero attached hydrogens (tertiary/aromatic N) is 1. The average molecular weight is 261 g/mol. The van der Waals surface area contributed by atoms with Crippen LogP contribution in [0.4, 0.5) is 5.69 Å². The van der Waals surface area contributed by atoms with Gasteiger partial charge in [0.1, 0.15) is 0 Å². The van der Waals surface area contributed by atoms with E-state index in [0.717, 1.165) is 18.5 Å². The maximum absolute atomic E-state index is 10.2. The van der Waals surface area contributed by atoms with Crippen LogP contribution in [0.25, 0.3) is 0 Å². The minimum atomic E-state index is -0.336. The molecule has 2 unspecified atom stereocenters. The number of hydrogen-bond acceptors (Lipinski definition) is 2. The molecule has 19 heavy (non-hydrogen) atoms. The highest BCUT2D eigenvalue weighted by atomic mass is 16.3. The zero-order chi connectivity index (χ0) is 13.7. The topological polar surface area (TPSA) is 23.5 Å². The SMILES string of the molecule is CCC(O)c1ccccc1N1CCCCCC1CC. The van der Waals surface area contributed by atoms with Crippen LogP contribution in [-0.4, -0.2) is 17.7 Å². The maximum atomic E-state index is 10.2. The summed E-state index contributed by atoms with van der Waals surface area (Å²) in [6, 6.07) is 9.03. The molecule has 106 valence electrons. The molecule has 0 bridgehead atoms. The van der Waals surface area contributed by atoms with Gasteiger partial charge >= 0.3 is 0 Å². The largest absolute Gasteiger partial charge is 0.388 e. The second-order valence-electron chi connectivity index (χ2n) is 5.59. The first kappa shape index (κ1) is 14.4. The third-order valence-corrected chi connectivity index (χ3v) is 4.34. The number of aliphatic hydroxyl groups excluding tert-OH is 1. The average Bonchev–Trinajstić information content (AvgIpc) is 2.71. The van der Waals surface area contributed by atoms with Gasteiger partial charge in [-0.1, -0.05) is 44.9 Å². The highest BCUT2D eigenvalue weighted by Crippen LogP contribution is 2.32. The molecular formula is C17H27NO. The standard InChI is InChI=1S/C17H27NO/c1-3-14-10-6-5-9-13-18(14)16-12-8-7-11-15(16)17(19)4-2/h7-8,11-12,14,17,19H,3-6,9-10,13H2,1-2H3.